The van der Waals surface area contributed by atoms with E-state index in [0.29, 0.717) is 29.5 Å². The van der Waals surface area contributed by atoms with Gasteiger partial charge in [-0.15, -0.1) is 0 Å². The number of hydrogen-bond donors (Lipinski definition) is 0. The van der Waals surface area contributed by atoms with E-state index in [4.69, 9.17) is 16.9 Å². The maximum absolute atomic E-state index is 12.0. The van der Waals surface area contributed by atoms with Crippen molar-refractivity contribution in [1.82, 2.24) is 24.1 Å². The number of halogens is 1. The molecule has 0 saturated carbocycles. The zero-order valence-electron chi connectivity index (χ0n) is 15.2. The molecule has 142 valence electrons. The first-order valence-corrected chi connectivity index (χ1v) is 9.18. The van der Waals surface area contributed by atoms with Crippen LogP contribution in [0.3, 0.4) is 0 Å². The number of nitrogens with zero attached hydrogens (tertiary/aromatic N) is 6. The molecule has 0 aliphatic carbocycles. The lowest BCUT2D eigenvalue weighted by atomic mass is 10.1. The van der Waals surface area contributed by atoms with Crippen molar-refractivity contribution in [1.29, 1.82) is 5.26 Å². The maximum atomic E-state index is 12.0. The summed E-state index contributed by atoms with van der Waals surface area (Å²) >= 11 is 5.98. The summed E-state index contributed by atoms with van der Waals surface area (Å²) in [5.74, 6) is 0.512. The Morgan fingerprint density at radius 1 is 1.00 bits per heavy atom. The highest BCUT2D eigenvalue weighted by Crippen LogP contribution is 2.13. The average Bonchev–Trinajstić information content (AvgIpc) is 3.17. The Morgan fingerprint density at radius 2 is 1.83 bits per heavy atom. The molecule has 0 radical (unpaired) electrons. The zero-order chi connectivity index (χ0) is 20.2. The van der Waals surface area contributed by atoms with Crippen molar-refractivity contribution >= 4 is 11.6 Å². The summed E-state index contributed by atoms with van der Waals surface area (Å²) in [6, 6.07) is 12.3. The van der Waals surface area contributed by atoms with Crippen LogP contribution in [0.2, 0.25) is 5.02 Å². The molecule has 0 aliphatic rings. The van der Waals surface area contributed by atoms with Gasteiger partial charge in [0.2, 0.25) is 0 Å². The highest BCUT2D eigenvalue weighted by Gasteiger charge is 2.07. The van der Waals surface area contributed by atoms with E-state index < -0.39 is 0 Å². The van der Waals surface area contributed by atoms with Crippen molar-refractivity contribution < 1.29 is 0 Å². The van der Waals surface area contributed by atoms with Gasteiger partial charge in [-0.2, -0.15) is 5.26 Å². The first kappa shape index (κ1) is 18.6. The first-order valence-electron chi connectivity index (χ1n) is 8.80. The number of hydrogen-bond acceptors (Lipinski definition) is 5. The number of imidazole rings is 1. The Hall–Kier alpha value is -3.76. The van der Waals surface area contributed by atoms with E-state index in [-0.39, 0.29) is 5.56 Å². The van der Waals surface area contributed by atoms with Gasteiger partial charge < -0.3 is 4.57 Å². The Kier molecular flexibility index (Phi) is 5.18. The van der Waals surface area contributed by atoms with Crippen LogP contribution in [0.5, 0.6) is 0 Å². The molecule has 0 saturated heterocycles. The predicted octanol–water partition coefficient (Wildman–Crippen LogP) is 2.99. The Morgan fingerprint density at radius 3 is 2.55 bits per heavy atom. The average molecular weight is 403 g/mol. The van der Waals surface area contributed by atoms with Crippen molar-refractivity contribution in [3.05, 3.63) is 105 Å². The largest absolute Gasteiger partial charge is 0.330 e. The molecule has 8 heteroatoms. The van der Waals surface area contributed by atoms with Crippen LogP contribution < -0.4 is 5.56 Å². The molecule has 0 atom stereocenters. The number of nitriles is 1. The van der Waals surface area contributed by atoms with E-state index >= 15 is 0 Å². The molecule has 4 aromatic heterocycles. The van der Waals surface area contributed by atoms with E-state index in [1.54, 1.807) is 43.1 Å². The quantitative estimate of drug-likeness (QED) is 0.512. The predicted molar refractivity (Wildman–Crippen MR) is 108 cm³/mol. The van der Waals surface area contributed by atoms with Crippen molar-refractivity contribution in [2.24, 2.45) is 0 Å². The van der Waals surface area contributed by atoms with Crippen molar-refractivity contribution in [2.75, 3.05) is 0 Å². The van der Waals surface area contributed by atoms with Gasteiger partial charge in [-0.1, -0.05) is 23.7 Å². The van der Waals surface area contributed by atoms with Gasteiger partial charge in [-0.25, -0.2) is 15.0 Å². The maximum Gasteiger partial charge on any atom is 0.256 e. The van der Waals surface area contributed by atoms with Crippen LogP contribution in [-0.2, 0) is 13.0 Å². The van der Waals surface area contributed by atoms with E-state index in [1.807, 2.05) is 29.0 Å². The van der Waals surface area contributed by atoms with Crippen molar-refractivity contribution in [3.63, 3.8) is 0 Å². The molecule has 4 heterocycles. The fourth-order valence-corrected chi connectivity index (χ4v) is 3.09. The van der Waals surface area contributed by atoms with E-state index in [9.17, 15) is 4.79 Å². The Labute approximate surface area is 171 Å². The molecular weight excluding hydrogens is 388 g/mol. The van der Waals surface area contributed by atoms with Gasteiger partial charge in [0, 0.05) is 43.0 Å². The summed E-state index contributed by atoms with van der Waals surface area (Å²) in [5, 5.41) is 9.32. The van der Waals surface area contributed by atoms with Crippen LogP contribution in [-0.4, -0.2) is 24.1 Å². The molecule has 7 nitrogen and oxygen atoms in total. The minimum Gasteiger partial charge on any atom is -0.330 e. The molecule has 0 aromatic carbocycles. The molecular formula is C21H15ClN6O. The van der Waals surface area contributed by atoms with Crippen LogP contribution in [0.1, 0.15) is 22.5 Å². The smallest absolute Gasteiger partial charge is 0.256 e. The number of rotatable bonds is 5. The lowest BCUT2D eigenvalue weighted by Crippen LogP contribution is -2.17. The molecule has 0 fully saturated rings. The lowest BCUT2D eigenvalue weighted by molar-refractivity contribution is 0.749. The first-order chi connectivity index (χ1) is 14.1. The summed E-state index contributed by atoms with van der Waals surface area (Å²) in [5.41, 5.74) is 3.19. The molecule has 4 rings (SSSR count). The van der Waals surface area contributed by atoms with Gasteiger partial charge in [0.25, 0.3) is 5.56 Å². The second kappa shape index (κ2) is 8.09. The Bertz CT molecular complexity index is 1240. The summed E-state index contributed by atoms with van der Waals surface area (Å²) < 4.78 is 3.44. The zero-order valence-corrected chi connectivity index (χ0v) is 16.0. The summed E-state index contributed by atoms with van der Waals surface area (Å²) in [6.07, 6.45) is 9.20. The lowest BCUT2D eigenvalue weighted by Gasteiger charge is -2.09. The second-order valence-electron chi connectivity index (χ2n) is 6.43. The summed E-state index contributed by atoms with van der Waals surface area (Å²) in [7, 11) is 0. The van der Waals surface area contributed by atoms with Crippen LogP contribution >= 0.6 is 11.6 Å². The molecule has 4 aromatic rings. The van der Waals surface area contributed by atoms with Gasteiger partial charge in [0.15, 0.2) is 0 Å². The van der Waals surface area contributed by atoms with Gasteiger partial charge in [-0.3, -0.25) is 9.36 Å². The van der Waals surface area contributed by atoms with E-state index in [1.165, 1.54) is 10.6 Å². The molecule has 0 N–H and O–H groups in total. The minimum atomic E-state index is -0.191. The standard InChI is InChI=1S/C21H15ClN6O/c22-17-3-6-21(29)28(13-17)20-5-2-15(9-26-20)7-19-11-24-14-27(19)12-16-1-4-18(8-23)25-10-16/h1-6,9-11,13-14H,7,12H2. The molecule has 0 bridgehead atoms. The second-order valence-corrected chi connectivity index (χ2v) is 6.87. The molecule has 0 spiro atoms. The summed E-state index contributed by atoms with van der Waals surface area (Å²) in [4.78, 5) is 24.7. The fourth-order valence-electron chi connectivity index (χ4n) is 2.93. The fraction of sp³-hybridized carbons (Fsp3) is 0.0952. The van der Waals surface area contributed by atoms with Gasteiger partial charge >= 0.3 is 0 Å². The SMILES string of the molecule is N#Cc1ccc(Cn2cncc2Cc2ccc(-n3cc(Cl)ccc3=O)nc2)cn1. The molecule has 0 amide bonds. The van der Waals surface area contributed by atoms with Crippen LogP contribution in [0.4, 0.5) is 0 Å². The number of aromatic nitrogens is 5. The molecule has 0 aliphatic heterocycles. The van der Waals surface area contributed by atoms with E-state index in [0.717, 1.165) is 16.8 Å². The molecule has 29 heavy (non-hydrogen) atoms. The third-order valence-corrected chi connectivity index (χ3v) is 4.63. The van der Waals surface area contributed by atoms with Crippen molar-refractivity contribution in [2.45, 2.75) is 13.0 Å². The topological polar surface area (TPSA) is 89.4 Å². The third kappa shape index (κ3) is 4.23. The monoisotopic (exact) mass is 402 g/mol. The van der Waals surface area contributed by atoms with Crippen LogP contribution in [0.15, 0.2) is 72.3 Å². The summed E-state index contributed by atoms with van der Waals surface area (Å²) in [6.45, 7) is 0.609. The van der Waals surface area contributed by atoms with Crippen LogP contribution in [0, 0.1) is 11.3 Å². The number of pyridine rings is 3. The molecule has 0 unspecified atom stereocenters. The van der Waals surface area contributed by atoms with Gasteiger partial charge in [-0.05, 0) is 29.3 Å². The van der Waals surface area contributed by atoms with E-state index in [2.05, 4.69) is 15.0 Å². The third-order valence-electron chi connectivity index (χ3n) is 4.41. The minimum absolute atomic E-state index is 0.191. The normalized spacial score (nSPS) is 10.6. The van der Waals surface area contributed by atoms with Crippen molar-refractivity contribution in [3.8, 4) is 11.9 Å². The van der Waals surface area contributed by atoms with Gasteiger partial charge in [0.1, 0.15) is 17.6 Å². The Balaban J connectivity index is 1.51. The highest BCUT2D eigenvalue weighted by molar-refractivity contribution is 6.30. The van der Waals surface area contributed by atoms with Gasteiger partial charge in [0.05, 0.1) is 17.9 Å². The van der Waals surface area contributed by atoms with Crippen LogP contribution in [0.25, 0.3) is 5.82 Å². The highest BCUT2D eigenvalue weighted by atomic mass is 35.5.